The lowest BCUT2D eigenvalue weighted by molar-refractivity contribution is -0.887. The van der Waals surface area contributed by atoms with Gasteiger partial charge in [0.2, 0.25) is 0 Å². The third-order valence-electron chi connectivity index (χ3n) is 11.6. The second kappa shape index (κ2) is 48.0. The number of unbranched alkanes of at least 4 members (excludes halogenated alkanes) is 20. The second-order valence-electron chi connectivity index (χ2n) is 18.8. The van der Waals surface area contributed by atoms with Crippen molar-refractivity contribution in [2.45, 2.75) is 225 Å². The number of hydrogen-bond acceptors (Lipinski definition) is 6. The number of nitrogens with zero attached hydrogens (tertiary/aromatic N) is 1. The molecule has 0 saturated heterocycles. The van der Waals surface area contributed by atoms with Crippen molar-refractivity contribution in [3.8, 4) is 0 Å². The molecule has 0 saturated carbocycles. The molecule has 0 aliphatic heterocycles. The molecule has 8 nitrogen and oxygen atoms in total. The van der Waals surface area contributed by atoms with Gasteiger partial charge < -0.3 is 23.8 Å². The Hall–Kier alpha value is -3.49. The zero-order chi connectivity index (χ0) is 48.4. The highest BCUT2D eigenvalue weighted by Crippen LogP contribution is 2.15. The largest absolute Gasteiger partial charge is 0.477 e. The van der Waals surface area contributed by atoms with Crippen molar-refractivity contribution in [3.63, 3.8) is 0 Å². The van der Waals surface area contributed by atoms with Crippen molar-refractivity contribution in [2.75, 3.05) is 41.0 Å². The van der Waals surface area contributed by atoms with Crippen LogP contribution in [0.5, 0.6) is 0 Å². The maximum absolute atomic E-state index is 12.8. The van der Waals surface area contributed by atoms with E-state index in [0.717, 1.165) is 83.5 Å². The van der Waals surface area contributed by atoms with Gasteiger partial charge in [-0.15, -0.1) is 0 Å². The highest BCUT2D eigenvalue weighted by molar-refractivity contribution is 5.72. The summed E-state index contributed by atoms with van der Waals surface area (Å²) in [4.78, 5) is 37.2. The zero-order valence-corrected chi connectivity index (χ0v) is 43.1. The van der Waals surface area contributed by atoms with Gasteiger partial charge >= 0.3 is 17.9 Å². The topological polar surface area (TPSA) is 99.1 Å². The van der Waals surface area contributed by atoms with Gasteiger partial charge in [0.1, 0.15) is 6.61 Å². The molecule has 1 N–H and O–H groups in total. The maximum atomic E-state index is 12.8. The summed E-state index contributed by atoms with van der Waals surface area (Å²) in [6, 6.07) is -0.623. The van der Waals surface area contributed by atoms with Crippen molar-refractivity contribution >= 4 is 17.9 Å². The van der Waals surface area contributed by atoms with Crippen LogP contribution < -0.4 is 0 Å². The van der Waals surface area contributed by atoms with E-state index in [4.69, 9.17) is 14.2 Å². The predicted molar refractivity (Wildman–Crippen MR) is 280 cm³/mol. The second-order valence-corrected chi connectivity index (χ2v) is 18.8. The number of esters is 2. The molecule has 2 atom stereocenters. The summed E-state index contributed by atoms with van der Waals surface area (Å²) in [6.07, 6.45) is 63.4. The van der Waals surface area contributed by atoms with E-state index in [-0.39, 0.29) is 36.2 Å². The van der Waals surface area contributed by atoms with Crippen molar-refractivity contribution < 1.29 is 38.2 Å². The van der Waals surface area contributed by atoms with Crippen molar-refractivity contribution in [1.29, 1.82) is 0 Å². The van der Waals surface area contributed by atoms with Gasteiger partial charge in [-0.05, 0) is 83.5 Å². The zero-order valence-electron chi connectivity index (χ0n) is 43.1. The Kier molecular flexibility index (Phi) is 45.4. The standard InChI is InChI=1S/C58H99NO7/c1-6-8-10-12-14-16-18-20-22-24-26-28-29-31-32-34-36-38-40-42-44-46-48-56(60)65-53-54(52-64-51-50-55(58(62)63)59(3,4)5)66-57(61)49-47-45-43-41-39-37-35-33-30-27-25-23-21-19-17-15-13-11-9-7-2/h8,10,14,16-17,19-23,26,28,31-32,54-55H,6-7,9,11-13,15,18,24-25,27,29-30,33-53H2,1-5H3/p+1/b10-8+,16-14+,19-17+,22-20+,23-21+,28-26+,32-31+. The number of carbonyl (C=O) groups excluding carboxylic acids is 2. The number of carbonyl (C=O) groups is 3. The number of rotatable bonds is 47. The van der Waals surface area contributed by atoms with Gasteiger partial charge in [-0.3, -0.25) is 9.59 Å². The summed E-state index contributed by atoms with van der Waals surface area (Å²) in [6.45, 7) is 4.59. The fraction of sp³-hybridized carbons (Fsp3) is 0.707. The maximum Gasteiger partial charge on any atom is 0.362 e. The summed E-state index contributed by atoms with van der Waals surface area (Å²) in [7, 11) is 5.53. The first-order valence-corrected chi connectivity index (χ1v) is 26.6. The molecule has 0 aliphatic carbocycles. The Labute approximate surface area is 405 Å². The Morgan fingerprint density at radius 2 is 0.894 bits per heavy atom. The van der Waals surface area contributed by atoms with Gasteiger partial charge in [0.25, 0.3) is 0 Å². The van der Waals surface area contributed by atoms with Gasteiger partial charge in [-0.2, -0.15) is 0 Å². The first-order valence-electron chi connectivity index (χ1n) is 26.6. The minimum atomic E-state index is -0.879. The molecule has 0 amide bonds. The lowest BCUT2D eigenvalue weighted by Gasteiger charge is -2.31. The van der Waals surface area contributed by atoms with Gasteiger partial charge in [-0.25, -0.2) is 4.79 Å². The molecule has 0 aliphatic rings. The molecule has 0 aromatic heterocycles. The summed E-state index contributed by atoms with van der Waals surface area (Å²) in [5.41, 5.74) is 0. The molecule has 378 valence electrons. The van der Waals surface area contributed by atoms with Crippen LogP contribution in [0.4, 0.5) is 0 Å². The smallest absolute Gasteiger partial charge is 0.362 e. The molecule has 0 spiro atoms. The third kappa shape index (κ3) is 45.7. The van der Waals surface area contributed by atoms with Crippen LogP contribution in [-0.2, 0) is 28.6 Å². The molecular weight excluding hydrogens is 823 g/mol. The Bertz CT molecular complexity index is 1350. The normalized spacial score (nSPS) is 13.5. The summed E-state index contributed by atoms with van der Waals surface area (Å²) in [5, 5.41) is 9.66. The Morgan fingerprint density at radius 3 is 1.35 bits per heavy atom. The molecule has 66 heavy (non-hydrogen) atoms. The average Bonchev–Trinajstić information content (AvgIpc) is 3.28. The lowest BCUT2D eigenvalue weighted by Crippen LogP contribution is -2.50. The van der Waals surface area contributed by atoms with Crippen LogP contribution in [0.15, 0.2) is 85.1 Å². The molecule has 2 unspecified atom stereocenters. The van der Waals surface area contributed by atoms with E-state index in [1.165, 1.54) is 96.3 Å². The number of carboxylic acid groups (broad SMARTS) is 1. The summed E-state index contributed by atoms with van der Waals surface area (Å²) in [5.74, 6) is -1.49. The van der Waals surface area contributed by atoms with Gasteiger partial charge in [0, 0.05) is 19.3 Å². The van der Waals surface area contributed by atoms with Crippen molar-refractivity contribution in [1.82, 2.24) is 0 Å². The number of aliphatic carboxylic acids is 1. The quantitative estimate of drug-likeness (QED) is 0.0213. The first-order chi connectivity index (χ1) is 32.1. The molecule has 0 radical (unpaired) electrons. The van der Waals surface area contributed by atoms with E-state index < -0.39 is 18.1 Å². The molecule has 0 rings (SSSR count). The minimum Gasteiger partial charge on any atom is -0.477 e. The van der Waals surface area contributed by atoms with Gasteiger partial charge in [0.15, 0.2) is 12.1 Å². The molecule has 0 bridgehead atoms. The van der Waals surface area contributed by atoms with E-state index in [2.05, 4.69) is 98.9 Å². The van der Waals surface area contributed by atoms with E-state index >= 15 is 0 Å². The molecule has 0 heterocycles. The summed E-state index contributed by atoms with van der Waals surface area (Å²) >= 11 is 0. The van der Waals surface area contributed by atoms with Gasteiger partial charge in [-0.1, -0.05) is 195 Å². The van der Waals surface area contributed by atoms with Gasteiger partial charge in [0.05, 0.1) is 34.4 Å². The Morgan fingerprint density at radius 1 is 0.485 bits per heavy atom. The van der Waals surface area contributed by atoms with E-state index in [1.807, 2.05) is 21.1 Å². The van der Waals surface area contributed by atoms with Crippen LogP contribution in [0.1, 0.15) is 213 Å². The lowest BCUT2D eigenvalue weighted by atomic mass is 10.1. The number of likely N-dealkylation sites (N-methyl/N-ethyl adjacent to an activating group) is 1. The van der Waals surface area contributed by atoms with Crippen molar-refractivity contribution in [3.05, 3.63) is 85.1 Å². The first kappa shape index (κ1) is 62.5. The SMILES string of the molecule is CC/C=C/C/C=C/C/C=C/C/C=C/C/C=C/CCCCCCCCC(=O)OCC(COCCC(C(=O)O)[N+](C)(C)C)OC(=O)CCCCCCCCCCCC/C=C/C=C/CCCCCC. The monoisotopic (exact) mass is 923 g/mol. The number of allylic oxidation sites excluding steroid dienone is 14. The van der Waals surface area contributed by atoms with Crippen LogP contribution in [-0.4, -0.2) is 80.6 Å². The van der Waals surface area contributed by atoms with Crippen LogP contribution >= 0.6 is 0 Å². The van der Waals surface area contributed by atoms with Crippen LogP contribution in [0.2, 0.25) is 0 Å². The number of carboxylic acids is 1. The highest BCUT2D eigenvalue weighted by atomic mass is 16.6. The van der Waals surface area contributed by atoms with E-state index in [0.29, 0.717) is 19.3 Å². The number of hydrogen-bond donors (Lipinski definition) is 1. The predicted octanol–water partition coefficient (Wildman–Crippen LogP) is 15.6. The minimum absolute atomic E-state index is 0.0510. The molecular formula is C58H100NO7+. The van der Waals surface area contributed by atoms with Crippen molar-refractivity contribution in [2.24, 2.45) is 0 Å². The third-order valence-corrected chi connectivity index (χ3v) is 11.6. The van der Waals surface area contributed by atoms with Crippen LogP contribution in [0.3, 0.4) is 0 Å². The van der Waals surface area contributed by atoms with E-state index in [1.54, 1.807) is 0 Å². The molecule has 0 aromatic carbocycles. The fourth-order valence-corrected chi connectivity index (χ4v) is 7.46. The molecule has 0 aromatic rings. The number of quaternary nitrogens is 1. The molecule has 0 fully saturated rings. The van der Waals surface area contributed by atoms with E-state index in [9.17, 15) is 19.5 Å². The number of ether oxygens (including phenoxy) is 3. The fourth-order valence-electron chi connectivity index (χ4n) is 7.46. The highest BCUT2D eigenvalue weighted by Gasteiger charge is 2.31. The summed E-state index contributed by atoms with van der Waals surface area (Å²) < 4.78 is 17.4. The molecule has 8 heteroatoms. The average molecular weight is 923 g/mol. The Balaban J connectivity index is 4.28. The van der Waals surface area contributed by atoms with Crippen LogP contribution in [0.25, 0.3) is 0 Å². The van der Waals surface area contributed by atoms with Crippen LogP contribution in [0, 0.1) is 0 Å².